The van der Waals surface area contributed by atoms with E-state index in [2.05, 4.69) is 55.4 Å². The molecule has 4 heteroatoms. The lowest BCUT2D eigenvalue weighted by atomic mass is 9.30. The molecule has 5 aliphatic carbocycles. The van der Waals surface area contributed by atoms with Crippen LogP contribution in [0.5, 0.6) is 0 Å². The zero-order valence-electron chi connectivity index (χ0n) is 26.2. The summed E-state index contributed by atoms with van der Waals surface area (Å²) in [6.07, 6.45) is 12.2. The Hall–Kier alpha value is -1.06. The Balaban J connectivity index is 1.47. The third kappa shape index (κ3) is 3.80. The largest absolute Gasteiger partial charge is 0.462 e. The van der Waals surface area contributed by atoms with Gasteiger partial charge in [0.05, 0.1) is 0 Å². The van der Waals surface area contributed by atoms with Gasteiger partial charge in [-0.3, -0.25) is 9.59 Å². The van der Waals surface area contributed by atoms with Crippen LogP contribution in [0.15, 0.2) is 0 Å². The third-order valence-corrected chi connectivity index (χ3v) is 14.7. The molecule has 0 unspecified atom stereocenters. The molecule has 0 amide bonds. The lowest BCUT2D eigenvalue weighted by Gasteiger charge is -2.75. The van der Waals surface area contributed by atoms with Crippen molar-refractivity contribution in [1.29, 1.82) is 0 Å². The summed E-state index contributed by atoms with van der Waals surface area (Å²) < 4.78 is 11.8. The van der Waals surface area contributed by atoms with Crippen molar-refractivity contribution in [3.8, 4) is 0 Å². The van der Waals surface area contributed by atoms with Gasteiger partial charge in [0.15, 0.2) is 0 Å². The molecule has 0 bridgehead atoms. The number of fused-ring (bicyclic) bond motifs is 7. The van der Waals surface area contributed by atoms with Gasteiger partial charge in [0, 0.05) is 19.3 Å². The topological polar surface area (TPSA) is 52.6 Å². The van der Waals surface area contributed by atoms with Gasteiger partial charge in [-0.2, -0.15) is 0 Å². The highest BCUT2D eigenvalue weighted by molar-refractivity contribution is 5.66. The highest BCUT2D eigenvalue weighted by Crippen LogP contribution is 2.78. The van der Waals surface area contributed by atoms with E-state index >= 15 is 0 Å². The van der Waals surface area contributed by atoms with Crippen LogP contribution in [0.3, 0.4) is 0 Å². The molecule has 5 saturated carbocycles. The molecule has 0 N–H and O–H groups in total. The fourth-order valence-electron chi connectivity index (χ4n) is 12.1. The van der Waals surface area contributed by atoms with Crippen molar-refractivity contribution in [2.75, 3.05) is 0 Å². The molecule has 0 heterocycles. The molecule has 0 aromatic carbocycles. The van der Waals surface area contributed by atoms with Gasteiger partial charge in [-0.25, -0.2) is 0 Å². The molecule has 5 fully saturated rings. The second-order valence-electron chi connectivity index (χ2n) is 16.7. The smallest absolute Gasteiger partial charge is 0.302 e. The Morgan fingerprint density at radius 2 is 1.24 bits per heavy atom. The first-order chi connectivity index (χ1) is 17.4. The van der Waals surface area contributed by atoms with Gasteiger partial charge < -0.3 is 9.47 Å². The van der Waals surface area contributed by atoms with E-state index in [1.807, 2.05) is 0 Å². The average Bonchev–Trinajstić information content (AvgIpc) is 2.79. The average molecular weight is 529 g/mol. The zero-order valence-corrected chi connectivity index (χ0v) is 26.2. The maximum atomic E-state index is 12.0. The number of rotatable bonds is 2. The summed E-state index contributed by atoms with van der Waals surface area (Å²) in [6, 6.07) is 0. The van der Waals surface area contributed by atoms with Gasteiger partial charge >= 0.3 is 11.9 Å². The quantitative estimate of drug-likeness (QED) is 0.338. The third-order valence-electron chi connectivity index (χ3n) is 14.7. The number of carbonyl (C=O) groups excluding carboxylic acids is 2. The van der Waals surface area contributed by atoms with Gasteiger partial charge in [-0.05, 0) is 115 Å². The van der Waals surface area contributed by atoms with Crippen molar-refractivity contribution in [3.05, 3.63) is 0 Å². The fraction of sp³-hybridized carbons (Fsp3) is 0.941. The Morgan fingerprint density at radius 3 is 1.87 bits per heavy atom. The molecule has 0 aromatic heterocycles. The van der Waals surface area contributed by atoms with E-state index in [9.17, 15) is 9.59 Å². The summed E-state index contributed by atoms with van der Waals surface area (Å²) in [7, 11) is 0. The van der Waals surface area contributed by atoms with Gasteiger partial charge in [0.2, 0.25) is 0 Å². The van der Waals surface area contributed by atoms with E-state index in [4.69, 9.17) is 9.47 Å². The number of hydrogen-bond acceptors (Lipinski definition) is 4. The maximum absolute atomic E-state index is 12.0. The molecule has 0 spiro atoms. The van der Waals surface area contributed by atoms with Gasteiger partial charge in [0.1, 0.15) is 12.2 Å². The Morgan fingerprint density at radius 1 is 0.632 bits per heavy atom. The number of hydrogen-bond donors (Lipinski definition) is 0. The number of ether oxygens (including phenoxy) is 2. The first-order valence-electron chi connectivity index (χ1n) is 15.8. The molecular weight excluding hydrogens is 472 g/mol. The van der Waals surface area contributed by atoms with Crippen LogP contribution in [-0.2, 0) is 19.1 Å². The van der Waals surface area contributed by atoms with Crippen LogP contribution in [0.1, 0.15) is 133 Å². The fourth-order valence-corrected chi connectivity index (χ4v) is 12.1. The zero-order chi connectivity index (χ0) is 28.1. The van der Waals surface area contributed by atoms with E-state index in [1.54, 1.807) is 13.8 Å². The minimum absolute atomic E-state index is 0.00746. The monoisotopic (exact) mass is 528 g/mol. The summed E-state index contributed by atoms with van der Waals surface area (Å²) in [6.45, 7) is 23.3. The minimum atomic E-state index is -0.131. The van der Waals surface area contributed by atoms with Crippen molar-refractivity contribution < 1.29 is 19.1 Å². The maximum Gasteiger partial charge on any atom is 0.302 e. The summed E-state index contributed by atoms with van der Waals surface area (Å²) in [5.74, 6) is 2.25. The first-order valence-corrected chi connectivity index (χ1v) is 15.8. The summed E-state index contributed by atoms with van der Waals surface area (Å²) in [4.78, 5) is 23.9. The molecule has 0 aromatic rings. The summed E-state index contributed by atoms with van der Waals surface area (Å²) >= 11 is 0. The molecule has 38 heavy (non-hydrogen) atoms. The SMILES string of the molecule is CC(=O)O[C@@H]1CC[C@@H]2[C@](C)(CC[C@H]3[C@@]2(C)CC[C@@]2(C)[C@@H]4CC(C)(C)[C@H](OC(C)=O)C[C@]4(C)CC[C@]32C)[C@H]1C. The molecule has 0 aliphatic heterocycles. The van der Waals surface area contributed by atoms with E-state index in [0.717, 1.165) is 25.2 Å². The number of esters is 2. The van der Waals surface area contributed by atoms with Crippen LogP contribution in [0.2, 0.25) is 0 Å². The predicted molar refractivity (Wildman–Crippen MR) is 151 cm³/mol. The highest BCUT2D eigenvalue weighted by Gasteiger charge is 2.71. The van der Waals surface area contributed by atoms with Crippen molar-refractivity contribution in [1.82, 2.24) is 0 Å². The molecular formula is C34H56O4. The molecule has 4 nitrogen and oxygen atoms in total. The van der Waals surface area contributed by atoms with Crippen molar-refractivity contribution >= 4 is 11.9 Å². The van der Waals surface area contributed by atoms with Crippen LogP contribution in [0.4, 0.5) is 0 Å². The van der Waals surface area contributed by atoms with E-state index in [-0.39, 0.29) is 40.4 Å². The molecule has 0 saturated heterocycles. The van der Waals surface area contributed by atoms with Crippen LogP contribution in [0, 0.1) is 56.2 Å². The van der Waals surface area contributed by atoms with Gasteiger partial charge in [-0.1, -0.05) is 55.4 Å². The molecule has 216 valence electrons. The van der Waals surface area contributed by atoms with Crippen LogP contribution in [-0.4, -0.2) is 24.1 Å². The second-order valence-corrected chi connectivity index (χ2v) is 16.7. The number of carbonyl (C=O) groups is 2. The standard InChI is InChI=1S/C34H56O4/c1-21-24(37-22(2)35)11-12-25-31(21,7)14-13-26-32(25,8)16-18-34(10)27-19-29(4,5)28(38-23(3)36)20-30(27,6)15-17-33(26,34)9/h21,24-28H,11-20H2,1-10H3/t21-,24+,25+,26-,27+,28+,30-,31+,32-,33+,34-/m0/s1. The minimum Gasteiger partial charge on any atom is -0.462 e. The molecule has 11 atom stereocenters. The molecule has 5 aliphatic rings. The highest BCUT2D eigenvalue weighted by atomic mass is 16.5. The lowest BCUT2D eigenvalue weighted by molar-refractivity contribution is -0.271. The van der Waals surface area contributed by atoms with Crippen LogP contribution in [0.25, 0.3) is 0 Å². The summed E-state index contributed by atoms with van der Waals surface area (Å²) in [5.41, 5.74) is 1.45. The molecule has 5 rings (SSSR count). The normalized spacial score (nSPS) is 53.4. The first kappa shape index (κ1) is 28.5. The summed E-state index contributed by atoms with van der Waals surface area (Å²) in [5, 5.41) is 0. The van der Waals surface area contributed by atoms with E-state index in [0.29, 0.717) is 34.0 Å². The van der Waals surface area contributed by atoms with Gasteiger partial charge in [-0.15, -0.1) is 0 Å². The Kier molecular flexibility index (Phi) is 6.53. The predicted octanol–water partition coefficient (Wildman–Crippen LogP) is 8.36. The van der Waals surface area contributed by atoms with Crippen molar-refractivity contribution in [2.24, 2.45) is 56.2 Å². The van der Waals surface area contributed by atoms with E-state index in [1.165, 1.54) is 44.9 Å². The van der Waals surface area contributed by atoms with Crippen molar-refractivity contribution in [3.63, 3.8) is 0 Å². The Labute approximate surface area is 232 Å². The molecule has 0 radical (unpaired) electrons. The second kappa shape index (κ2) is 8.72. The van der Waals surface area contributed by atoms with Crippen LogP contribution >= 0.6 is 0 Å². The van der Waals surface area contributed by atoms with Crippen LogP contribution < -0.4 is 0 Å². The van der Waals surface area contributed by atoms with Crippen molar-refractivity contribution in [2.45, 2.75) is 146 Å². The lowest BCUT2D eigenvalue weighted by Crippen LogP contribution is -2.68. The van der Waals surface area contributed by atoms with Gasteiger partial charge in [0.25, 0.3) is 0 Å². The van der Waals surface area contributed by atoms with E-state index < -0.39 is 0 Å². The Bertz CT molecular complexity index is 987.